The first-order valence-corrected chi connectivity index (χ1v) is 21.4. The van der Waals surface area contributed by atoms with Gasteiger partial charge < -0.3 is 4.57 Å². The maximum atomic E-state index is 2.49. The first-order chi connectivity index (χ1) is 28.3. The summed E-state index contributed by atoms with van der Waals surface area (Å²) in [7, 11) is 0. The number of nitrogens with zero attached hydrogens (tertiary/aromatic N) is 1. The number of allylic oxidation sites excluding steroid dienone is 1. The highest BCUT2D eigenvalue weighted by Crippen LogP contribution is 2.48. The Morgan fingerprint density at radius 2 is 0.947 bits per heavy atom. The van der Waals surface area contributed by atoms with E-state index in [2.05, 4.69) is 193 Å². The molecular formula is C54H35NS2. The fourth-order valence-corrected chi connectivity index (χ4v) is 11.6. The monoisotopic (exact) mass is 761 g/mol. The van der Waals surface area contributed by atoms with Crippen molar-refractivity contribution in [3.63, 3.8) is 0 Å². The van der Waals surface area contributed by atoms with Gasteiger partial charge >= 0.3 is 0 Å². The van der Waals surface area contributed by atoms with Gasteiger partial charge in [-0.2, -0.15) is 0 Å². The molecule has 3 aromatic heterocycles. The number of aryl methyl sites for hydroxylation is 1. The number of rotatable bonds is 5. The zero-order valence-electron chi connectivity index (χ0n) is 31.1. The van der Waals surface area contributed by atoms with E-state index in [1.54, 1.807) is 0 Å². The first kappa shape index (κ1) is 32.7. The van der Waals surface area contributed by atoms with Crippen molar-refractivity contribution >= 4 is 80.6 Å². The zero-order chi connectivity index (χ0) is 37.5. The van der Waals surface area contributed by atoms with Crippen LogP contribution in [-0.2, 0) is 6.42 Å². The Hall–Kier alpha value is -6.52. The second-order valence-electron chi connectivity index (χ2n) is 15.1. The average molecular weight is 762 g/mol. The van der Waals surface area contributed by atoms with Gasteiger partial charge in [0, 0.05) is 35.4 Å². The number of thiophene rings is 2. The molecule has 3 heterocycles. The molecule has 0 fully saturated rings. The molecule has 57 heavy (non-hydrogen) atoms. The van der Waals surface area contributed by atoms with Gasteiger partial charge in [-0.15, -0.1) is 22.7 Å². The van der Waals surface area contributed by atoms with E-state index < -0.39 is 0 Å². The minimum Gasteiger partial charge on any atom is -0.309 e. The third kappa shape index (κ3) is 5.20. The van der Waals surface area contributed by atoms with Gasteiger partial charge in [-0.05, 0) is 139 Å². The summed E-state index contributed by atoms with van der Waals surface area (Å²) >= 11 is 3.80. The molecule has 11 aromatic rings. The van der Waals surface area contributed by atoms with Crippen molar-refractivity contribution in [3.8, 4) is 50.5 Å². The highest BCUT2D eigenvalue weighted by Gasteiger charge is 2.22. The fourth-order valence-electron chi connectivity index (χ4n) is 9.33. The van der Waals surface area contributed by atoms with Crippen LogP contribution in [0.15, 0.2) is 182 Å². The van der Waals surface area contributed by atoms with Crippen LogP contribution >= 0.6 is 22.7 Å². The summed E-state index contributed by atoms with van der Waals surface area (Å²) in [5.41, 5.74) is 12.4. The van der Waals surface area contributed by atoms with E-state index >= 15 is 0 Å². The number of fused-ring (bicyclic) bond motifs is 8. The largest absolute Gasteiger partial charge is 0.309 e. The van der Waals surface area contributed by atoms with E-state index in [9.17, 15) is 0 Å². The molecule has 0 atom stereocenters. The molecule has 0 spiro atoms. The van der Waals surface area contributed by atoms with Crippen LogP contribution in [0.5, 0.6) is 0 Å². The summed E-state index contributed by atoms with van der Waals surface area (Å²) in [4.78, 5) is 1.41. The number of aromatic nitrogens is 1. The standard InChI is InChI=1S/C54H35NS2/c1-3-13-34(14-4-1)47-27-28-48(35-15-5-2-6-16-35)55(47)38-25-26-43-46(33-38)54(37-24-30-52-45(32-37)40-18-10-12-22-50(40)57-52)42-20-8-7-19-41(42)53(43)36-23-29-51-44(31-36)39-17-9-11-21-49(39)56-51/h1-9,11-17,19-33H,10,18H2. The van der Waals surface area contributed by atoms with Crippen molar-refractivity contribution in [1.29, 1.82) is 0 Å². The van der Waals surface area contributed by atoms with E-state index in [4.69, 9.17) is 0 Å². The summed E-state index contributed by atoms with van der Waals surface area (Å²) in [5, 5.41) is 9.10. The lowest BCUT2D eigenvalue weighted by Crippen LogP contribution is -2.00. The van der Waals surface area contributed by atoms with Gasteiger partial charge in [0.05, 0.1) is 11.4 Å². The topological polar surface area (TPSA) is 4.93 Å². The zero-order valence-corrected chi connectivity index (χ0v) is 32.7. The molecule has 0 amide bonds. The minimum absolute atomic E-state index is 1.10. The van der Waals surface area contributed by atoms with Crippen LogP contribution < -0.4 is 0 Å². The van der Waals surface area contributed by atoms with Gasteiger partial charge in [-0.3, -0.25) is 0 Å². The van der Waals surface area contributed by atoms with Gasteiger partial charge in [-0.1, -0.05) is 127 Å². The average Bonchev–Trinajstić information content (AvgIpc) is 3.99. The minimum atomic E-state index is 1.10. The summed E-state index contributed by atoms with van der Waals surface area (Å²) in [6, 6.07) is 65.6. The molecule has 0 bridgehead atoms. The molecule has 12 rings (SSSR count). The van der Waals surface area contributed by atoms with E-state index in [1.807, 2.05) is 22.7 Å². The third-order valence-corrected chi connectivity index (χ3v) is 14.2. The molecular weight excluding hydrogens is 727 g/mol. The smallest absolute Gasteiger partial charge is 0.0535 e. The van der Waals surface area contributed by atoms with Crippen LogP contribution in [0.25, 0.3) is 108 Å². The Kier molecular flexibility index (Phi) is 7.47. The molecule has 0 aliphatic heterocycles. The van der Waals surface area contributed by atoms with Crippen molar-refractivity contribution < 1.29 is 0 Å². The quantitative estimate of drug-likeness (QED) is 0.154. The summed E-state index contributed by atoms with van der Waals surface area (Å²) in [6.45, 7) is 0. The molecule has 1 aliphatic rings. The molecule has 1 aliphatic carbocycles. The Morgan fingerprint density at radius 3 is 1.65 bits per heavy atom. The van der Waals surface area contributed by atoms with Gasteiger partial charge in [0.2, 0.25) is 0 Å². The van der Waals surface area contributed by atoms with Crippen LogP contribution in [0.2, 0.25) is 0 Å². The molecule has 268 valence electrons. The molecule has 1 nitrogen and oxygen atoms in total. The van der Waals surface area contributed by atoms with Crippen molar-refractivity contribution in [2.24, 2.45) is 0 Å². The number of hydrogen-bond donors (Lipinski definition) is 0. The van der Waals surface area contributed by atoms with Gasteiger partial charge in [0.15, 0.2) is 0 Å². The Balaban J connectivity index is 1.19. The first-order valence-electron chi connectivity index (χ1n) is 19.7. The predicted octanol–water partition coefficient (Wildman–Crippen LogP) is 16.0. The Morgan fingerprint density at radius 1 is 0.386 bits per heavy atom. The van der Waals surface area contributed by atoms with Crippen LogP contribution in [0, 0.1) is 0 Å². The SMILES string of the molecule is C1=Cc2sc3ccc(-c4c5ccccc5c(-c5ccc6sc7ccccc7c6c5)c5ccc(-n6c(-c7ccccc7)ccc6-c6ccccc6)cc45)cc3c2CC1. The second-order valence-corrected chi connectivity index (χ2v) is 17.3. The Labute approximate surface area is 339 Å². The normalized spacial score (nSPS) is 12.7. The summed E-state index contributed by atoms with van der Waals surface area (Å²) < 4.78 is 6.47. The van der Waals surface area contributed by atoms with E-state index in [0.717, 1.165) is 18.5 Å². The maximum absolute atomic E-state index is 2.49. The van der Waals surface area contributed by atoms with E-state index in [1.165, 1.54) is 107 Å². The molecule has 0 N–H and O–H groups in total. The lowest BCUT2D eigenvalue weighted by molar-refractivity contribution is 1.01. The van der Waals surface area contributed by atoms with Crippen molar-refractivity contribution in [1.82, 2.24) is 4.57 Å². The van der Waals surface area contributed by atoms with Gasteiger partial charge in [-0.25, -0.2) is 0 Å². The highest BCUT2D eigenvalue weighted by molar-refractivity contribution is 7.25. The molecule has 3 heteroatoms. The maximum Gasteiger partial charge on any atom is 0.0535 e. The van der Waals surface area contributed by atoms with Crippen LogP contribution in [-0.4, -0.2) is 4.57 Å². The second kappa shape index (κ2) is 13.0. The molecule has 0 saturated heterocycles. The van der Waals surface area contributed by atoms with Crippen molar-refractivity contribution in [2.45, 2.75) is 12.8 Å². The lowest BCUT2D eigenvalue weighted by Gasteiger charge is -2.21. The number of hydrogen-bond acceptors (Lipinski definition) is 2. The van der Waals surface area contributed by atoms with Crippen molar-refractivity contribution in [3.05, 3.63) is 192 Å². The lowest BCUT2D eigenvalue weighted by atomic mass is 9.85. The summed E-state index contributed by atoms with van der Waals surface area (Å²) in [6.07, 6.45) is 6.85. The highest BCUT2D eigenvalue weighted by atomic mass is 32.1. The summed E-state index contributed by atoms with van der Waals surface area (Å²) in [5.74, 6) is 0. The van der Waals surface area contributed by atoms with Gasteiger partial charge in [0.25, 0.3) is 0 Å². The fraction of sp³-hybridized carbons (Fsp3) is 0.0370. The predicted molar refractivity (Wildman–Crippen MR) is 248 cm³/mol. The third-order valence-electron chi connectivity index (χ3n) is 11.9. The molecule has 0 unspecified atom stereocenters. The van der Waals surface area contributed by atoms with E-state index in [0.29, 0.717) is 0 Å². The van der Waals surface area contributed by atoms with Gasteiger partial charge in [0.1, 0.15) is 0 Å². The van der Waals surface area contributed by atoms with Crippen LogP contribution in [0.1, 0.15) is 16.9 Å². The van der Waals surface area contributed by atoms with E-state index in [-0.39, 0.29) is 0 Å². The van der Waals surface area contributed by atoms with Crippen LogP contribution in [0.4, 0.5) is 0 Å². The number of benzene rings is 8. The van der Waals surface area contributed by atoms with Crippen LogP contribution in [0.3, 0.4) is 0 Å². The van der Waals surface area contributed by atoms with Crippen molar-refractivity contribution in [2.75, 3.05) is 0 Å². The Bertz CT molecular complexity index is 3340. The molecule has 0 saturated carbocycles. The molecule has 0 radical (unpaired) electrons. The molecule has 8 aromatic carbocycles.